The molecule has 0 atom stereocenters. The van der Waals surface area contributed by atoms with E-state index in [4.69, 9.17) is 10.00 Å². The Kier molecular flexibility index (Phi) is 6.13. The summed E-state index contributed by atoms with van der Waals surface area (Å²) in [5.41, 5.74) is 2.55. The van der Waals surface area contributed by atoms with Crippen molar-refractivity contribution in [2.45, 2.75) is 11.6 Å². The summed E-state index contributed by atoms with van der Waals surface area (Å²) in [4.78, 5) is 16.6. The Labute approximate surface area is 161 Å². The lowest BCUT2D eigenvalue weighted by Gasteiger charge is -2.09. The van der Waals surface area contributed by atoms with E-state index >= 15 is 0 Å². The summed E-state index contributed by atoms with van der Waals surface area (Å²) in [6, 6.07) is 17.0. The molecule has 0 bridgehead atoms. The molecular weight excluding hydrogens is 360 g/mol. The molecular formula is C20H18N4O2S. The fourth-order valence-corrected chi connectivity index (χ4v) is 3.25. The Morgan fingerprint density at radius 2 is 2.11 bits per heavy atom. The third kappa shape index (κ3) is 4.90. The highest BCUT2D eigenvalue weighted by atomic mass is 32.2. The first-order valence-electron chi connectivity index (χ1n) is 8.26. The molecule has 0 unspecified atom stereocenters. The fourth-order valence-electron chi connectivity index (χ4n) is 2.48. The summed E-state index contributed by atoms with van der Waals surface area (Å²) in [6.07, 6.45) is 3.91. The summed E-state index contributed by atoms with van der Waals surface area (Å²) in [6.45, 7) is 0. The number of carbonyl (C=O) groups is 1. The lowest BCUT2D eigenvalue weighted by atomic mass is 10.1. The second-order valence-electron chi connectivity index (χ2n) is 5.65. The summed E-state index contributed by atoms with van der Waals surface area (Å²) in [5.74, 6) is 0.879. The molecule has 7 heteroatoms. The van der Waals surface area contributed by atoms with Crippen molar-refractivity contribution in [2.75, 3.05) is 18.2 Å². The normalized spacial score (nSPS) is 10.2. The second-order valence-corrected chi connectivity index (χ2v) is 6.59. The van der Waals surface area contributed by atoms with E-state index in [-0.39, 0.29) is 11.7 Å². The zero-order chi connectivity index (χ0) is 19.1. The van der Waals surface area contributed by atoms with Crippen molar-refractivity contribution >= 4 is 23.4 Å². The Hall–Kier alpha value is -3.24. The molecule has 2 aromatic carbocycles. The van der Waals surface area contributed by atoms with Gasteiger partial charge in [-0.25, -0.2) is 4.98 Å². The molecule has 3 rings (SSSR count). The number of nitrogens with zero attached hydrogens (tertiary/aromatic N) is 3. The Morgan fingerprint density at radius 1 is 1.30 bits per heavy atom. The zero-order valence-corrected chi connectivity index (χ0v) is 15.6. The van der Waals surface area contributed by atoms with Gasteiger partial charge in [-0.3, -0.25) is 9.36 Å². The van der Waals surface area contributed by atoms with Gasteiger partial charge in [0.15, 0.2) is 5.16 Å². The number of thioether (sulfide) groups is 1. The van der Waals surface area contributed by atoms with E-state index in [9.17, 15) is 4.79 Å². The van der Waals surface area contributed by atoms with Crippen LogP contribution in [0.1, 0.15) is 5.56 Å². The molecule has 1 heterocycles. The van der Waals surface area contributed by atoms with Crippen molar-refractivity contribution in [3.8, 4) is 17.5 Å². The van der Waals surface area contributed by atoms with Crippen molar-refractivity contribution in [2.24, 2.45) is 0 Å². The van der Waals surface area contributed by atoms with Crippen LogP contribution in [0.3, 0.4) is 0 Å². The van der Waals surface area contributed by atoms with Crippen LogP contribution in [-0.2, 0) is 11.2 Å². The maximum absolute atomic E-state index is 12.2. The number of benzene rings is 2. The predicted molar refractivity (Wildman–Crippen MR) is 105 cm³/mol. The maximum Gasteiger partial charge on any atom is 0.234 e. The number of nitriles is 1. The van der Waals surface area contributed by atoms with Crippen LogP contribution in [0.25, 0.3) is 5.69 Å². The van der Waals surface area contributed by atoms with Crippen LogP contribution in [0.2, 0.25) is 0 Å². The molecule has 1 amide bonds. The van der Waals surface area contributed by atoms with Gasteiger partial charge in [-0.1, -0.05) is 30.0 Å². The minimum atomic E-state index is -0.117. The monoisotopic (exact) mass is 378 g/mol. The smallest absolute Gasteiger partial charge is 0.234 e. The van der Waals surface area contributed by atoms with Crippen molar-refractivity contribution in [3.63, 3.8) is 0 Å². The Morgan fingerprint density at radius 3 is 2.85 bits per heavy atom. The fraction of sp³-hybridized carbons (Fsp3) is 0.150. The average Bonchev–Trinajstić information content (AvgIpc) is 3.17. The van der Waals surface area contributed by atoms with Crippen LogP contribution in [-0.4, -0.2) is 28.3 Å². The van der Waals surface area contributed by atoms with Gasteiger partial charge in [-0.2, -0.15) is 5.26 Å². The largest absolute Gasteiger partial charge is 0.497 e. The van der Waals surface area contributed by atoms with Crippen LogP contribution in [0.4, 0.5) is 5.69 Å². The van der Waals surface area contributed by atoms with Gasteiger partial charge >= 0.3 is 0 Å². The van der Waals surface area contributed by atoms with Gasteiger partial charge in [0.05, 0.1) is 31.0 Å². The number of anilines is 1. The third-order valence-corrected chi connectivity index (χ3v) is 4.76. The highest BCUT2D eigenvalue weighted by Crippen LogP contribution is 2.23. The second kappa shape index (κ2) is 8.92. The van der Waals surface area contributed by atoms with Crippen LogP contribution >= 0.6 is 11.8 Å². The molecule has 136 valence electrons. The van der Waals surface area contributed by atoms with Gasteiger partial charge in [-0.15, -0.1) is 0 Å². The van der Waals surface area contributed by atoms with Crippen LogP contribution < -0.4 is 10.1 Å². The topological polar surface area (TPSA) is 79.9 Å². The number of rotatable bonds is 7. The van der Waals surface area contributed by atoms with E-state index in [0.29, 0.717) is 12.1 Å². The number of amides is 1. The van der Waals surface area contributed by atoms with Gasteiger partial charge in [0.2, 0.25) is 5.91 Å². The summed E-state index contributed by atoms with van der Waals surface area (Å²) in [7, 11) is 1.62. The van der Waals surface area contributed by atoms with Crippen LogP contribution in [0.5, 0.6) is 5.75 Å². The number of methoxy groups -OCH3 is 1. The first-order valence-corrected chi connectivity index (χ1v) is 9.24. The lowest BCUT2D eigenvalue weighted by molar-refractivity contribution is -0.113. The molecule has 27 heavy (non-hydrogen) atoms. The Balaban J connectivity index is 1.61. The standard InChI is InChI=1S/C20H18N4O2S/c1-26-18-4-2-3-17(13-18)24-12-11-22-20(24)27-14-19(25)23-16-7-5-15(6-8-16)9-10-21/h2-8,11-13H,9,14H2,1H3,(H,23,25). The number of hydrogen-bond acceptors (Lipinski definition) is 5. The molecule has 0 fully saturated rings. The first kappa shape index (κ1) is 18.5. The molecule has 0 aliphatic rings. The van der Waals surface area contributed by atoms with E-state index in [1.807, 2.05) is 47.2 Å². The summed E-state index contributed by atoms with van der Waals surface area (Å²) in [5, 5.41) is 12.3. The molecule has 0 radical (unpaired) electrons. The van der Waals surface area contributed by atoms with E-state index < -0.39 is 0 Å². The third-order valence-electron chi connectivity index (χ3n) is 3.79. The SMILES string of the molecule is COc1cccc(-n2ccnc2SCC(=O)Nc2ccc(CC#N)cc2)c1. The molecule has 0 aliphatic carbocycles. The summed E-state index contributed by atoms with van der Waals surface area (Å²) < 4.78 is 7.17. The van der Waals surface area contributed by atoms with Crippen molar-refractivity contribution in [3.05, 3.63) is 66.5 Å². The quantitative estimate of drug-likeness (QED) is 0.635. The van der Waals surface area contributed by atoms with Gasteiger partial charge < -0.3 is 10.1 Å². The van der Waals surface area contributed by atoms with E-state index in [2.05, 4.69) is 16.4 Å². The van der Waals surface area contributed by atoms with Crippen LogP contribution in [0, 0.1) is 11.3 Å². The molecule has 0 saturated carbocycles. The predicted octanol–water partition coefficient (Wildman–Crippen LogP) is 3.68. The first-order chi connectivity index (χ1) is 13.2. The van der Waals surface area contributed by atoms with Crippen molar-refractivity contribution in [1.29, 1.82) is 5.26 Å². The highest BCUT2D eigenvalue weighted by molar-refractivity contribution is 7.99. The number of carbonyl (C=O) groups excluding carboxylic acids is 1. The van der Waals surface area contributed by atoms with E-state index in [1.54, 1.807) is 25.4 Å². The van der Waals surface area contributed by atoms with Crippen LogP contribution in [0.15, 0.2) is 66.1 Å². The minimum Gasteiger partial charge on any atom is -0.497 e. The summed E-state index contributed by atoms with van der Waals surface area (Å²) >= 11 is 1.36. The van der Waals surface area contributed by atoms with Crippen molar-refractivity contribution < 1.29 is 9.53 Å². The molecule has 0 saturated heterocycles. The van der Waals surface area contributed by atoms with Gasteiger partial charge in [-0.05, 0) is 29.8 Å². The average molecular weight is 378 g/mol. The van der Waals surface area contributed by atoms with E-state index in [1.165, 1.54) is 11.8 Å². The van der Waals surface area contributed by atoms with Crippen molar-refractivity contribution in [1.82, 2.24) is 9.55 Å². The number of aromatic nitrogens is 2. The molecule has 1 aromatic heterocycles. The molecule has 0 aliphatic heterocycles. The highest BCUT2D eigenvalue weighted by Gasteiger charge is 2.10. The number of nitrogens with one attached hydrogen (secondary N) is 1. The molecule has 1 N–H and O–H groups in total. The molecule has 6 nitrogen and oxygen atoms in total. The maximum atomic E-state index is 12.2. The lowest BCUT2D eigenvalue weighted by Crippen LogP contribution is -2.14. The van der Waals surface area contributed by atoms with Gasteiger partial charge in [0.25, 0.3) is 0 Å². The van der Waals surface area contributed by atoms with Gasteiger partial charge in [0, 0.05) is 24.1 Å². The van der Waals surface area contributed by atoms with Gasteiger partial charge in [0.1, 0.15) is 5.75 Å². The number of ether oxygens (including phenoxy) is 1. The number of imidazole rings is 1. The number of hydrogen-bond donors (Lipinski definition) is 1. The minimum absolute atomic E-state index is 0.117. The Bertz CT molecular complexity index is 961. The van der Waals surface area contributed by atoms with E-state index in [0.717, 1.165) is 22.2 Å². The molecule has 0 spiro atoms. The molecule has 3 aromatic rings. The zero-order valence-electron chi connectivity index (χ0n) is 14.8.